The number of pyridine rings is 2. The first-order chi connectivity index (χ1) is 12.7. The molecule has 1 fully saturated rings. The van der Waals surface area contributed by atoms with E-state index in [1.165, 1.54) is 0 Å². The Morgan fingerprint density at radius 1 is 1.19 bits per heavy atom. The lowest BCUT2D eigenvalue weighted by atomic mass is 9.85. The number of aliphatic hydroxyl groups excluding tert-OH is 1. The van der Waals surface area contributed by atoms with Crippen LogP contribution in [0.5, 0.6) is 0 Å². The number of fused-ring (bicyclic) bond motifs is 1. The van der Waals surface area contributed by atoms with Crippen molar-refractivity contribution in [3.05, 3.63) is 36.2 Å². The Balaban J connectivity index is 1.67. The second-order valence-electron chi connectivity index (χ2n) is 8.08. The lowest BCUT2D eigenvalue weighted by Crippen LogP contribution is -2.34. The number of carboxylic acids is 1. The van der Waals surface area contributed by atoms with Crippen molar-refractivity contribution in [2.45, 2.75) is 39.2 Å². The summed E-state index contributed by atoms with van der Waals surface area (Å²) in [5.74, 6) is -1.10. The molecule has 7 nitrogen and oxygen atoms in total. The zero-order chi connectivity index (χ0) is 19.6. The standard InChI is InChI=1S/C20H25N3O4/c1-20(2,10-18(26)27)9-17(25)23-11-14(16(24)12-23)8-13-5-7-21-15-4-3-6-22-19(13)15/h3-7,14,16,24H,8-12H2,1-2H3,(H,26,27)/t14-,16+/m0/s1. The van der Waals surface area contributed by atoms with Gasteiger partial charge in [0.1, 0.15) is 0 Å². The molecule has 1 aliphatic heterocycles. The number of hydrogen-bond acceptors (Lipinski definition) is 5. The van der Waals surface area contributed by atoms with Gasteiger partial charge in [-0.2, -0.15) is 0 Å². The van der Waals surface area contributed by atoms with Crippen LogP contribution in [0.25, 0.3) is 11.0 Å². The van der Waals surface area contributed by atoms with Crippen molar-refractivity contribution in [1.82, 2.24) is 14.9 Å². The molecule has 1 aliphatic rings. The fourth-order valence-corrected chi connectivity index (χ4v) is 3.73. The molecule has 27 heavy (non-hydrogen) atoms. The van der Waals surface area contributed by atoms with Gasteiger partial charge < -0.3 is 15.1 Å². The van der Waals surface area contributed by atoms with Crippen molar-refractivity contribution in [2.75, 3.05) is 13.1 Å². The van der Waals surface area contributed by atoms with Crippen LogP contribution in [0.15, 0.2) is 30.6 Å². The highest BCUT2D eigenvalue weighted by molar-refractivity contribution is 5.79. The van der Waals surface area contributed by atoms with Crippen molar-refractivity contribution in [3.63, 3.8) is 0 Å². The van der Waals surface area contributed by atoms with Crippen LogP contribution in [0.2, 0.25) is 0 Å². The molecule has 1 amide bonds. The second kappa shape index (κ2) is 7.60. The van der Waals surface area contributed by atoms with Gasteiger partial charge in [0.05, 0.1) is 23.6 Å². The second-order valence-corrected chi connectivity index (χ2v) is 8.08. The molecule has 1 saturated heterocycles. The lowest BCUT2D eigenvalue weighted by Gasteiger charge is -2.25. The van der Waals surface area contributed by atoms with E-state index in [1.54, 1.807) is 31.1 Å². The third-order valence-corrected chi connectivity index (χ3v) is 5.08. The summed E-state index contributed by atoms with van der Waals surface area (Å²) in [4.78, 5) is 33.9. The quantitative estimate of drug-likeness (QED) is 0.804. The van der Waals surface area contributed by atoms with Gasteiger partial charge in [-0.3, -0.25) is 19.6 Å². The van der Waals surface area contributed by atoms with E-state index in [0.29, 0.717) is 13.0 Å². The molecule has 0 spiro atoms. The van der Waals surface area contributed by atoms with Gasteiger partial charge in [-0.25, -0.2) is 0 Å². The highest BCUT2D eigenvalue weighted by atomic mass is 16.4. The minimum Gasteiger partial charge on any atom is -0.481 e. The van der Waals surface area contributed by atoms with Crippen LogP contribution in [0.4, 0.5) is 0 Å². The number of aliphatic hydroxyl groups is 1. The van der Waals surface area contributed by atoms with Gasteiger partial charge in [-0.15, -0.1) is 0 Å². The van der Waals surface area contributed by atoms with Crippen LogP contribution in [-0.4, -0.2) is 56.2 Å². The number of β-amino-alcohol motifs (C(OH)–C–C–N with tert-alkyl or cyclic N) is 1. The zero-order valence-corrected chi connectivity index (χ0v) is 15.6. The zero-order valence-electron chi connectivity index (χ0n) is 15.6. The Bertz CT molecular complexity index is 847. The summed E-state index contributed by atoms with van der Waals surface area (Å²) in [5, 5.41) is 19.4. The predicted molar refractivity (Wildman–Crippen MR) is 100.0 cm³/mol. The number of aliphatic carboxylic acids is 1. The van der Waals surface area contributed by atoms with Crippen LogP contribution in [0, 0.1) is 11.3 Å². The Labute approximate surface area is 158 Å². The number of nitrogens with zero attached hydrogens (tertiary/aromatic N) is 3. The highest BCUT2D eigenvalue weighted by Crippen LogP contribution is 2.29. The number of carbonyl (C=O) groups is 2. The number of carbonyl (C=O) groups excluding carboxylic acids is 1. The molecule has 0 radical (unpaired) electrons. The minimum atomic E-state index is -0.913. The molecule has 2 N–H and O–H groups in total. The number of hydrogen-bond donors (Lipinski definition) is 2. The third kappa shape index (κ3) is 4.60. The Morgan fingerprint density at radius 2 is 1.96 bits per heavy atom. The Morgan fingerprint density at radius 3 is 2.70 bits per heavy atom. The molecular weight excluding hydrogens is 346 g/mol. The predicted octanol–water partition coefficient (Wildman–Crippen LogP) is 1.88. The van der Waals surface area contributed by atoms with Gasteiger partial charge >= 0.3 is 5.97 Å². The Kier molecular flexibility index (Phi) is 5.41. The molecule has 3 rings (SSSR count). The monoisotopic (exact) mass is 371 g/mol. The molecule has 2 atom stereocenters. The van der Waals surface area contributed by atoms with Crippen LogP contribution in [0.3, 0.4) is 0 Å². The van der Waals surface area contributed by atoms with Crippen LogP contribution >= 0.6 is 0 Å². The summed E-state index contributed by atoms with van der Waals surface area (Å²) in [7, 11) is 0. The maximum Gasteiger partial charge on any atom is 0.303 e. The summed E-state index contributed by atoms with van der Waals surface area (Å²) in [6, 6.07) is 5.64. The molecular formula is C20H25N3O4. The molecule has 0 aromatic carbocycles. The van der Waals surface area contributed by atoms with Gasteiger partial charge in [0.2, 0.25) is 5.91 Å². The highest BCUT2D eigenvalue weighted by Gasteiger charge is 2.36. The van der Waals surface area contributed by atoms with Crippen molar-refractivity contribution in [1.29, 1.82) is 0 Å². The average molecular weight is 371 g/mol. The number of carboxylic acid groups (broad SMARTS) is 1. The maximum absolute atomic E-state index is 12.6. The number of likely N-dealkylation sites (tertiary alicyclic amines) is 1. The van der Waals surface area contributed by atoms with E-state index in [0.717, 1.165) is 16.6 Å². The largest absolute Gasteiger partial charge is 0.481 e. The summed E-state index contributed by atoms with van der Waals surface area (Å²) in [6.07, 6.45) is 3.55. The van der Waals surface area contributed by atoms with Gasteiger partial charge in [0.15, 0.2) is 0 Å². The van der Waals surface area contributed by atoms with Crippen LogP contribution < -0.4 is 0 Å². The average Bonchev–Trinajstić information content (AvgIpc) is 2.94. The van der Waals surface area contributed by atoms with E-state index >= 15 is 0 Å². The molecule has 0 unspecified atom stereocenters. The van der Waals surface area contributed by atoms with E-state index in [1.807, 2.05) is 18.2 Å². The molecule has 2 aromatic rings. The molecule has 0 saturated carbocycles. The van der Waals surface area contributed by atoms with Gasteiger partial charge in [-0.05, 0) is 35.6 Å². The topological polar surface area (TPSA) is 104 Å². The molecule has 7 heteroatoms. The first-order valence-corrected chi connectivity index (χ1v) is 9.11. The molecule has 144 valence electrons. The van der Waals surface area contributed by atoms with E-state index in [-0.39, 0.29) is 31.2 Å². The summed E-state index contributed by atoms with van der Waals surface area (Å²) >= 11 is 0. The van der Waals surface area contributed by atoms with Gasteiger partial charge in [0.25, 0.3) is 0 Å². The molecule has 0 bridgehead atoms. The number of aromatic nitrogens is 2. The minimum absolute atomic E-state index is 0.0623. The molecule has 0 aliphatic carbocycles. The van der Waals surface area contributed by atoms with Crippen molar-refractivity contribution in [3.8, 4) is 0 Å². The summed E-state index contributed by atoms with van der Waals surface area (Å²) in [5.41, 5.74) is 2.02. The summed E-state index contributed by atoms with van der Waals surface area (Å²) in [6.45, 7) is 4.29. The SMILES string of the molecule is CC(C)(CC(=O)O)CC(=O)N1C[C@H](Cc2ccnc3cccnc23)[C@H](O)C1. The third-order valence-electron chi connectivity index (χ3n) is 5.08. The van der Waals surface area contributed by atoms with Crippen molar-refractivity contribution in [2.24, 2.45) is 11.3 Å². The Hall–Kier alpha value is -2.54. The van der Waals surface area contributed by atoms with E-state index in [4.69, 9.17) is 5.11 Å². The fraction of sp³-hybridized carbons (Fsp3) is 0.500. The summed E-state index contributed by atoms with van der Waals surface area (Å²) < 4.78 is 0. The van der Waals surface area contributed by atoms with Gasteiger partial charge in [0, 0.05) is 37.8 Å². The molecule has 3 heterocycles. The van der Waals surface area contributed by atoms with Crippen LogP contribution in [-0.2, 0) is 16.0 Å². The van der Waals surface area contributed by atoms with Crippen molar-refractivity contribution >= 4 is 22.9 Å². The number of rotatable bonds is 6. The van der Waals surface area contributed by atoms with E-state index in [2.05, 4.69) is 9.97 Å². The van der Waals surface area contributed by atoms with E-state index < -0.39 is 17.5 Å². The molecule has 2 aromatic heterocycles. The van der Waals surface area contributed by atoms with E-state index in [9.17, 15) is 14.7 Å². The smallest absolute Gasteiger partial charge is 0.303 e. The van der Waals surface area contributed by atoms with Gasteiger partial charge in [-0.1, -0.05) is 13.8 Å². The normalized spacial score (nSPS) is 20.2. The first kappa shape index (κ1) is 19.2. The maximum atomic E-state index is 12.6. The van der Waals surface area contributed by atoms with Crippen LogP contribution in [0.1, 0.15) is 32.3 Å². The lowest BCUT2D eigenvalue weighted by molar-refractivity contribution is -0.140. The number of amides is 1. The first-order valence-electron chi connectivity index (χ1n) is 9.11. The van der Waals surface area contributed by atoms with Crippen molar-refractivity contribution < 1.29 is 19.8 Å². The fourth-order valence-electron chi connectivity index (χ4n) is 3.73.